The Hall–Kier alpha value is -1.67. The second kappa shape index (κ2) is 11.6. The first-order chi connectivity index (χ1) is 17.4. The summed E-state index contributed by atoms with van der Waals surface area (Å²) in [4.78, 5) is 25.9. The summed E-state index contributed by atoms with van der Waals surface area (Å²) in [5.74, 6) is 0. The van der Waals surface area contributed by atoms with Crippen molar-refractivity contribution < 1.29 is 37.1 Å². The van der Waals surface area contributed by atoms with Gasteiger partial charge in [-0.25, -0.2) is 9.50 Å². The lowest BCUT2D eigenvalue weighted by atomic mass is 10.2. The maximum Gasteiger partial charge on any atom is 0.358 e. The van der Waals surface area contributed by atoms with Crippen LogP contribution in [0.3, 0.4) is 0 Å². The van der Waals surface area contributed by atoms with E-state index in [9.17, 15) is 23.5 Å². The van der Waals surface area contributed by atoms with E-state index in [1.807, 2.05) is 30.3 Å². The Bertz CT molecular complexity index is 1360. The van der Waals surface area contributed by atoms with Crippen molar-refractivity contribution in [3.8, 4) is 11.3 Å². The van der Waals surface area contributed by atoms with E-state index in [1.165, 1.54) is 20.8 Å². The topological polar surface area (TPSA) is 150 Å². The van der Waals surface area contributed by atoms with Gasteiger partial charge in [0.15, 0.2) is 5.65 Å². The molecule has 2 N–H and O–H groups in total. The normalized spacial score (nSPS) is 16.0. The summed E-state index contributed by atoms with van der Waals surface area (Å²) >= 11 is 0. The summed E-state index contributed by atoms with van der Waals surface area (Å²) in [7, 11) is -14.4. The predicted octanol–water partition coefficient (Wildman–Crippen LogP) is 5.68. The van der Waals surface area contributed by atoms with Crippen molar-refractivity contribution in [1.29, 1.82) is 0 Å². The molecule has 1 aromatic carbocycles. The van der Waals surface area contributed by atoms with E-state index < -0.39 is 33.6 Å². The molecule has 0 amide bonds. The molecule has 2 aromatic heterocycles. The molecule has 14 heteroatoms. The molecule has 0 bridgehead atoms. The van der Waals surface area contributed by atoms with Crippen molar-refractivity contribution in [2.45, 2.75) is 45.2 Å². The molecule has 0 fully saturated rings. The third-order valence-electron chi connectivity index (χ3n) is 5.94. The Morgan fingerprint density at radius 2 is 1.54 bits per heavy atom. The van der Waals surface area contributed by atoms with E-state index in [-0.39, 0.29) is 26.2 Å². The van der Waals surface area contributed by atoms with E-state index in [0.717, 1.165) is 12.2 Å². The molecule has 2 heterocycles. The van der Waals surface area contributed by atoms with Crippen LogP contribution in [0.25, 0.3) is 16.9 Å². The smallest absolute Gasteiger partial charge is 0.328 e. The number of hydrogen-bond donors (Lipinski definition) is 2. The standard InChI is InChI=1S/C23H34N3O8P3/c1-6-32-35(5,27)23(36(28,29)30,37(31,33-7-2)34-8-3)15-14-20-16-18(4)24-22-17-21(25-26(20)22)19-12-10-9-11-13-19/h9-13,16-17H,6-8,14-15H2,1-5H3,(H2,28,29,30). The fourth-order valence-corrected chi connectivity index (χ4v) is 13.6. The number of aryl methyl sites for hydroxylation is 2. The van der Waals surface area contributed by atoms with Crippen molar-refractivity contribution in [2.24, 2.45) is 0 Å². The van der Waals surface area contributed by atoms with E-state index >= 15 is 0 Å². The van der Waals surface area contributed by atoms with Crippen LogP contribution in [-0.4, -0.2) is 55.5 Å². The monoisotopic (exact) mass is 573 g/mol. The number of aromatic nitrogens is 3. The number of benzene rings is 1. The molecule has 0 aliphatic carbocycles. The molecule has 3 aromatic rings. The van der Waals surface area contributed by atoms with Gasteiger partial charge in [0, 0.05) is 29.7 Å². The van der Waals surface area contributed by atoms with E-state index in [0.29, 0.717) is 22.7 Å². The molecule has 11 nitrogen and oxygen atoms in total. The van der Waals surface area contributed by atoms with Gasteiger partial charge < -0.3 is 23.4 Å². The first kappa shape index (κ1) is 29.9. The highest BCUT2D eigenvalue weighted by Gasteiger charge is 2.71. The van der Waals surface area contributed by atoms with Crippen LogP contribution in [0.15, 0.2) is 42.5 Å². The van der Waals surface area contributed by atoms with Crippen LogP contribution in [0.5, 0.6) is 0 Å². The van der Waals surface area contributed by atoms with Gasteiger partial charge in [0.25, 0.3) is 0 Å². The van der Waals surface area contributed by atoms with Gasteiger partial charge in [-0.3, -0.25) is 13.7 Å². The molecule has 0 spiro atoms. The molecule has 2 unspecified atom stereocenters. The van der Waals surface area contributed by atoms with Crippen LogP contribution in [0.1, 0.15) is 38.6 Å². The summed E-state index contributed by atoms with van der Waals surface area (Å²) in [5, 5.41) is 4.65. The van der Waals surface area contributed by atoms with Crippen molar-refractivity contribution in [2.75, 3.05) is 26.5 Å². The lowest BCUT2D eigenvalue weighted by Crippen LogP contribution is -2.33. The van der Waals surface area contributed by atoms with Crippen LogP contribution in [0, 0.1) is 6.92 Å². The fourth-order valence-electron chi connectivity index (χ4n) is 4.44. The highest BCUT2D eigenvalue weighted by atomic mass is 31.3. The van der Waals surface area contributed by atoms with Crippen LogP contribution in [0.4, 0.5) is 0 Å². The molecule has 204 valence electrons. The molecule has 0 radical (unpaired) electrons. The van der Waals surface area contributed by atoms with Crippen molar-refractivity contribution in [1.82, 2.24) is 14.6 Å². The van der Waals surface area contributed by atoms with E-state index in [4.69, 9.17) is 13.6 Å². The molecule has 0 aliphatic heterocycles. The van der Waals surface area contributed by atoms with Gasteiger partial charge in [0.2, 0.25) is 12.0 Å². The zero-order valence-corrected chi connectivity index (χ0v) is 24.3. The molecule has 0 aliphatic rings. The van der Waals surface area contributed by atoms with Crippen molar-refractivity contribution in [3.63, 3.8) is 0 Å². The highest BCUT2D eigenvalue weighted by molar-refractivity contribution is 7.91. The maximum atomic E-state index is 14.1. The fraction of sp³-hybridized carbons (Fsp3) is 0.478. The zero-order valence-electron chi connectivity index (χ0n) is 21.6. The maximum absolute atomic E-state index is 14.1. The number of rotatable bonds is 13. The summed E-state index contributed by atoms with van der Waals surface area (Å²) in [6, 6.07) is 13.0. The van der Waals surface area contributed by atoms with Crippen LogP contribution < -0.4 is 0 Å². The van der Waals surface area contributed by atoms with Crippen molar-refractivity contribution in [3.05, 3.63) is 53.9 Å². The SMILES string of the molecule is CCOP(C)(=O)C(CCc1cc(C)nc2cc(-c3ccccc3)nn12)(P(=O)(O)O)P(=O)(OCC)OCC. The Labute approximate surface area is 216 Å². The second-order valence-corrected chi connectivity index (χ2v) is 16.4. The third kappa shape index (κ3) is 5.70. The quantitative estimate of drug-likeness (QED) is 0.245. The van der Waals surface area contributed by atoms with Gasteiger partial charge in [-0.15, -0.1) is 0 Å². The average molecular weight is 573 g/mol. The van der Waals surface area contributed by atoms with E-state index in [1.54, 1.807) is 23.6 Å². The summed E-state index contributed by atoms with van der Waals surface area (Å²) < 4.78 is 56.3. The van der Waals surface area contributed by atoms with Gasteiger partial charge in [-0.05, 0) is 46.6 Å². The highest BCUT2D eigenvalue weighted by Crippen LogP contribution is 2.88. The largest absolute Gasteiger partial charge is 0.358 e. The molecular weight excluding hydrogens is 539 g/mol. The molecular formula is C23H34N3O8P3. The Morgan fingerprint density at radius 1 is 0.946 bits per heavy atom. The minimum atomic E-state index is -5.44. The Kier molecular flexibility index (Phi) is 9.37. The van der Waals surface area contributed by atoms with Gasteiger partial charge in [0.1, 0.15) is 0 Å². The number of fused-ring (bicyclic) bond motifs is 1. The average Bonchev–Trinajstić information content (AvgIpc) is 3.23. The summed E-state index contributed by atoms with van der Waals surface area (Å²) in [6.07, 6.45) is -0.586. The van der Waals surface area contributed by atoms with Crippen LogP contribution in [0.2, 0.25) is 0 Å². The minimum absolute atomic E-state index is 0.0735. The van der Waals surface area contributed by atoms with Gasteiger partial charge in [-0.1, -0.05) is 30.3 Å². The molecule has 2 atom stereocenters. The molecule has 37 heavy (non-hydrogen) atoms. The Balaban J connectivity index is 2.20. The molecule has 0 saturated heterocycles. The van der Waals surface area contributed by atoms with E-state index in [2.05, 4.69) is 10.1 Å². The second-order valence-electron chi connectivity index (χ2n) is 8.47. The lowest BCUT2D eigenvalue weighted by Gasteiger charge is -2.41. The number of hydrogen-bond acceptors (Lipinski definition) is 8. The third-order valence-corrected chi connectivity index (χ3v) is 16.9. The predicted molar refractivity (Wildman–Crippen MR) is 142 cm³/mol. The van der Waals surface area contributed by atoms with Crippen LogP contribution >= 0.6 is 22.6 Å². The number of nitrogens with zero attached hydrogens (tertiary/aromatic N) is 3. The van der Waals surface area contributed by atoms with Gasteiger partial charge in [0.05, 0.1) is 25.5 Å². The lowest BCUT2D eigenvalue weighted by molar-refractivity contribution is 0.204. The Morgan fingerprint density at radius 3 is 2.08 bits per heavy atom. The van der Waals surface area contributed by atoms with Crippen LogP contribution in [-0.2, 0) is 33.7 Å². The summed E-state index contributed by atoms with van der Waals surface area (Å²) in [5.41, 5.74) is 3.22. The molecule has 0 saturated carbocycles. The summed E-state index contributed by atoms with van der Waals surface area (Å²) in [6.45, 7) is 6.96. The van der Waals surface area contributed by atoms with Gasteiger partial charge in [-0.2, -0.15) is 5.10 Å². The minimum Gasteiger partial charge on any atom is -0.328 e. The van der Waals surface area contributed by atoms with Crippen molar-refractivity contribution >= 4 is 28.2 Å². The molecule has 3 rings (SSSR count). The zero-order chi connectivity index (χ0) is 27.5. The first-order valence-electron chi connectivity index (χ1n) is 11.9. The first-order valence-corrected chi connectivity index (χ1v) is 17.2. The van der Waals surface area contributed by atoms with Gasteiger partial charge >= 0.3 is 15.2 Å².